The minimum absolute atomic E-state index is 0.0438. The summed E-state index contributed by atoms with van der Waals surface area (Å²) in [6, 6.07) is 23.8. The maximum atomic E-state index is 13.6. The monoisotopic (exact) mass is 556 g/mol. The van der Waals surface area contributed by atoms with Crippen LogP contribution in [0.3, 0.4) is 0 Å². The summed E-state index contributed by atoms with van der Waals surface area (Å²) in [6.07, 6.45) is 1.39. The summed E-state index contributed by atoms with van der Waals surface area (Å²) in [5, 5.41) is 3.29. The number of carbonyl (C=O) groups excluding carboxylic acids is 3. The van der Waals surface area contributed by atoms with Crippen LogP contribution in [-0.4, -0.2) is 51.8 Å². The van der Waals surface area contributed by atoms with Crippen LogP contribution in [0.4, 0.5) is 11.4 Å². The van der Waals surface area contributed by atoms with Crippen LogP contribution >= 0.6 is 12.2 Å². The molecular formula is C31H32N4O4S. The molecule has 3 aromatic rings. The van der Waals surface area contributed by atoms with Crippen LogP contribution in [-0.2, 0) is 27.5 Å². The third-order valence-electron chi connectivity index (χ3n) is 7.09. The number of nitrogens with one attached hydrogen (secondary N) is 1. The fourth-order valence-electron chi connectivity index (χ4n) is 5.07. The van der Waals surface area contributed by atoms with Crippen LogP contribution in [0.25, 0.3) is 0 Å². The number of thiocarbonyl (C=S) groups is 1. The number of amides is 3. The standard InChI is InChI=1S/C31H32N4O4S/c1-2-39-26-16-12-24(13-17-26)32-28(36)19-27-30(38)35(21-22-7-4-3-5-8-22)31(40)34(27)20-23-10-14-25(15-11-23)33-18-6-9-29(33)37/h3-5,7-8,10-17,27H,2,6,9,18-21H2,1H3,(H,32,36). The second-order valence-electron chi connectivity index (χ2n) is 9.86. The van der Waals surface area contributed by atoms with Gasteiger partial charge in [0.25, 0.3) is 5.91 Å². The third-order valence-corrected chi connectivity index (χ3v) is 7.54. The second-order valence-corrected chi connectivity index (χ2v) is 10.2. The largest absolute Gasteiger partial charge is 0.494 e. The van der Waals surface area contributed by atoms with E-state index in [9.17, 15) is 14.4 Å². The lowest BCUT2D eigenvalue weighted by Crippen LogP contribution is -2.37. The molecule has 2 saturated heterocycles. The Labute approximate surface area is 239 Å². The summed E-state index contributed by atoms with van der Waals surface area (Å²) in [7, 11) is 0. The summed E-state index contributed by atoms with van der Waals surface area (Å²) < 4.78 is 5.47. The van der Waals surface area contributed by atoms with Crippen molar-refractivity contribution in [2.75, 3.05) is 23.4 Å². The molecule has 2 fully saturated rings. The fraction of sp³-hybridized carbons (Fsp3) is 0.290. The third kappa shape index (κ3) is 6.15. The van der Waals surface area contributed by atoms with E-state index in [0.717, 1.165) is 35.5 Å². The van der Waals surface area contributed by atoms with Crippen molar-refractivity contribution >= 4 is 46.4 Å². The molecule has 8 nitrogen and oxygen atoms in total. The first-order valence-electron chi connectivity index (χ1n) is 13.5. The first kappa shape index (κ1) is 27.3. The van der Waals surface area contributed by atoms with E-state index in [0.29, 0.717) is 36.9 Å². The smallest absolute Gasteiger partial charge is 0.252 e. The number of benzene rings is 3. The van der Waals surface area contributed by atoms with Gasteiger partial charge in [-0.2, -0.15) is 0 Å². The lowest BCUT2D eigenvalue weighted by Gasteiger charge is -2.24. The Hall–Kier alpha value is -4.24. The molecular weight excluding hydrogens is 524 g/mol. The van der Waals surface area contributed by atoms with Crippen LogP contribution in [0.2, 0.25) is 0 Å². The highest BCUT2D eigenvalue weighted by molar-refractivity contribution is 7.80. The molecule has 0 spiro atoms. The minimum Gasteiger partial charge on any atom is -0.494 e. The normalized spacial score (nSPS) is 17.1. The van der Waals surface area contributed by atoms with E-state index in [1.807, 2.05) is 66.4 Å². The molecule has 2 aliphatic heterocycles. The van der Waals surface area contributed by atoms with E-state index in [-0.39, 0.29) is 24.1 Å². The molecule has 1 unspecified atom stereocenters. The zero-order valence-electron chi connectivity index (χ0n) is 22.4. The highest BCUT2D eigenvalue weighted by Gasteiger charge is 2.43. The van der Waals surface area contributed by atoms with E-state index in [4.69, 9.17) is 17.0 Å². The summed E-state index contributed by atoms with van der Waals surface area (Å²) in [4.78, 5) is 44.1. The van der Waals surface area contributed by atoms with Crippen molar-refractivity contribution in [3.8, 4) is 5.75 Å². The van der Waals surface area contributed by atoms with E-state index in [1.165, 1.54) is 0 Å². The van der Waals surface area contributed by atoms with Crippen molar-refractivity contribution in [1.29, 1.82) is 0 Å². The van der Waals surface area contributed by atoms with E-state index in [1.54, 1.807) is 34.1 Å². The Balaban J connectivity index is 1.33. The summed E-state index contributed by atoms with van der Waals surface area (Å²) >= 11 is 5.80. The SMILES string of the molecule is CCOc1ccc(NC(=O)CC2C(=O)N(Cc3ccccc3)C(=S)N2Cc2ccc(N3CCCC3=O)cc2)cc1. The highest BCUT2D eigenvalue weighted by atomic mass is 32.1. The van der Waals surface area contributed by atoms with Crippen LogP contribution in [0.15, 0.2) is 78.9 Å². The van der Waals surface area contributed by atoms with Crippen LogP contribution in [0.1, 0.15) is 37.3 Å². The van der Waals surface area contributed by atoms with Crippen molar-refractivity contribution in [2.24, 2.45) is 0 Å². The van der Waals surface area contributed by atoms with Gasteiger partial charge in [0.15, 0.2) is 5.11 Å². The molecule has 206 valence electrons. The Morgan fingerprint density at radius 1 is 0.950 bits per heavy atom. The summed E-state index contributed by atoms with van der Waals surface area (Å²) in [6.45, 7) is 3.90. The Kier molecular flexibility index (Phi) is 8.40. The van der Waals surface area contributed by atoms with E-state index in [2.05, 4.69) is 5.32 Å². The van der Waals surface area contributed by atoms with Crippen molar-refractivity contribution in [3.05, 3.63) is 90.0 Å². The van der Waals surface area contributed by atoms with E-state index < -0.39 is 6.04 Å². The number of hydrogen-bond donors (Lipinski definition) is 1. The van der Waals surface area contributed by atoms with Crippen molar-refractivity contribution in [3.63, 3.8) is 0 Å². The van der Waals surface area contributed by atoms with Crippen LogP contribution in [0, 0.1) is 0 Å². The predicted octanol–water partition coefficient (Wildman–Crippen LogP) is 4.74. The second kappa shape index (κ2) is 12.3. The zero-order valence-corrected chi connectivity index (χ0v) is 23.2. The lowest BCUT2D eigenvalue weighted by molar-refractivity contribution is -0.131. The molecule has 0 aromatic heterocycles. The van der Waals surface area contributed by atoms with Gasteiger partial charge in [-0.05, 0) is 73.1 Å². The fourth-order valence-corrected chi connectivity index (χ4v) is 5.42. The van der Waals surface area contributed by atoms with Gasteiger partial charge in [0.1, 0.15) is 11.8 Å². The Morgan fingerprint density at radius 3 is 2.30 bits per heavy atom. The van der Waals surface area contributed by atoms with E-state index >= 15 is 0 Å². The van der Waals surface area contributed by atoms with Crippen molar-refractivity contribution in [1.82, 2.24) is 9.80 Å². The first-order chi connectivity index (χ1) is 19.4. The topological polar surface area (TPSA) is 82.2 Å². The molecule has 3 aromatic carbocycles. The number of carbonyl (C=O) groups is 3. The molecule has 2 heterocycles. The molecule has 3 amide bonds. The van der Waals surface area contributed by atoms with Gasteiger partial charge < -0.3 is 19.9 Å². The molecule has 1 N–H and O–H groups in total. The molecule has 9 heteroatoms. The van der Waals surface area contributed by atoms with Gasteiger partial charge in [-0.3, -0.25) is 19.3 Å². The molecule has 0 saturated carbocycles. The molecule has 0 radical (unpaired) electrons. The van der Waals surface area contributed by atoms with Gasteiger partial charge in [-0.1, -0.05) is 42.5 Å². The summed E-state index contributed by atoms with van der Waals surface area (Å²) in [5.74, 6) is 0.378. The molecule has 0 aliphatic carbocycles. The summed E-state index contributed by atoms with van der Waals surface area (Å²) in [5.41, 5.74) is 3.38. The molecule has 5 rings (SSSR count). The van der Waals surface area contributed by atoms with Crippen molar-refractivity contribution < 1.29 is 19.1 Å². The maximum absolute atomic E-state index is 13.6. The van der Waals surface area contributed by atoms with Crippen LogP contribution in [0.5, 0.6) is 5.75 Å². The molecule has 40 heavy (non-hydrogen) atoms. The number of anilines is 2. The van der Waals surface area contributed by atoms with Crippen molar-refractivity contribution in [2.45, 2.75) is 45.3 Å². The number of ether oxygens (including phenoxy) is 1. The zero-order chi connectivity index (χ0) is 28.1. The minimum atomic E-state index is -0.737. The number of nitrogens with zero attached hydrogens (tertiary/aromatic N) is 3. The first-order valence-corrected chi connectivity index (χ1v) is 13.9. The molecule has 1 atom stereocenters. The average molecular weight is 557 g/mol. The quantitative estimate of drug-likeness (QED) is 0.364. The van der Waals surface area contributed by atoms with Gasteiger partial charge in [0.05, 0.1) is 19.6 Å². The Morgan fingerprint density at radius 2 is 1.65 bits per heavy atom. The van der Waals surface area contributed by atoms with Crippen LogP contribution < -0.4 is 15.0 Å². The lowest BCUT2D eigenvalue weighted by atomic mass is 10.1. The molecule has 0 bridgehead atoms. The molecule has 2 aliphatic rings. The number of hydrogen-bond acceptors (Lipinski definition) is 5. The van der Waals surface area contributed by atoms with Gasteiger partial charge in [0.2, 0.25) is 11.8 Å². The van der Waals surface area contributed by atoms with Gasteiger partial charge >= 0.3 is 0 Å². The highest BCUT2D eigenvalue weighted by Crippen LogP contribution is 2.27. The van der Waals surface area contributed by atoms with Gasteiger partial charge in [-0.25, -0.2) is 0 Å². The van der Waals surface area contributed by atoms with Gasteiger partial charge in [-0.15, -0.1) is 0 Å². The average Bonchev–Trinajstić information content (AvgIpc) is 3.48. The number of rotatable bonds is 10. The Bertz CT molecular complexity index is 1380. The predicted molar refractivity (Wildman–Crippen MR) is 158 cm³/mol. The maximum Gasteiger partial charge on any atom is 0.252 e. The van der Waals surface area contributed by atoms with Gasteiger partial charge in [0, 0.05) is 30.9 Å².